The molecule has 0 amide bonds. The summed E-state index contributed by atoms with van der Waals surface area (Å²) in [4.78, 5) is 10.4. The van der Waals surface area contributed by atoms with Crippen LogP contribution in [0.2, 0.25) is 0 Å². The van der Waals surface area contributed by atoms with Crippen LogP contribution < -0.4 is 5.32 Å². The predicted molar refractivity (Wildman–Crippen MR) is 137 cm³/mol. The number of nitrogens with zero attached hydrogens (tertiary/aromatic N) is 2. The van der Waals surface area contributed by atoms with E-state index in [1.807, 2.05) is 12.3 Å². The molecule has 2 aliphatic rings. The highest BCUT2D eigenvalue weighted by atomic mass is 127. The lowest BCUT2D eigenvalue weighted by Gasteiger charge is -2.35. The monoisotopic (exact) mass is 558 g/mol. The van der Waals surface area contributed by atoms with Crippen LogP contribution in [0.15, 0.2) is 29.4 Å². The Hall–Kier alpha value is -1.39. The van der Waals surface area contributed by atoms with Crippen molar-refractivity contribution in [1.82, 2.24) is 15.2 Å². The highest BCUT2D eigenvalue weighted by Gasteiger charge is 2.23. The Bertz CT molecular complexity index is 861. The lowest BCUT2D eigenvalue weighted by molar-refractivity contribution is -0.0721. The van der Waals surface area contributed by atoms with E-state index in [2.05, 4.69) is 22.1 Å². The van der Waals surface area contributed by atoms with Crippen molar-refractivity contribution in [2.45, 2.75) is 57.7 Å². The molecular weight excluding hydrogens is 522 g/mol. The maximum absolute atomic E-state index is 13.4. The summed E-state index contributed by atoms with van der Waals surface area (Å²) in [6.07, 6.45) is 8.98. The van der Waals surface area contributed by atoms with Crippen LogP contribution in [0.1, 0.15) is 44.6 Å². The number of guanidine groups is 1. The molecule has 1 unspecified atom stereocenters. The molecular formula is C24H36FIN4O2. The summed E-state index contributed by atoms with van der Waals surface area (Å²) in [5.41, 5.74) is 2.01. The average Bonchev–Trinajstić information content (AvgIpc) is 3.20. The molecule has 0 spiro atoms. The second kappa shape index (κ2) is 12.7. The maximum Gasteiger partial charge on any atom is 0.193 e. The zero-order chi connectivity index (χ0) is 21.5. The van der Waals surface area contributed by atoms with Gasteiger partial charge in [-0.25, -0.2) is 4.39 Å². The van der Waals surface area contributed by atoms with E-state index in [9.17, 15) is 4.39 Å². The number of likely N-dealkylation sites (tertiary alicyclic amines) is 1. The van der Waals surface area contributed by atoms with Gasteiger partial charge in [0.1, 0.15) is 5.82 Å². The normalized spacial score (nSPS) is 20.4. The van der Waals surface area contributed by atoms with E-state index in [1.54, 1.807) is 6.07 Å². The van der Waals surface area contributed by atoms with Gasteiger partial charge < -0.3 is 24.7 Å². The standard InChI is InChI=1S/C24H35FN4O2.HI/c1-2-26-24(27-11-8-18-16-28-23-15-19(25)6-7-22(18)23)29-12-9-20(10-13-29)31-17-21-5-3-4-14-30-21;/h6-7,15-16,20-21,28H,2-5,8-14,17H2,1H3,(H,26,27);1H. The van der Waals surface area contributed by atoms with Gasteiger partial charge in [0, 0.05) is 49.9 Å². The Labute approximate surface area is 207 Å². The first-order valence-corrected chi connectivity index (χ1v) is 11.7. The highest BCUT2D eigenvalue weighted by molar-refractivity contribution is 14.0. The van der Waals surface area contributed by atoms with Crippen LogP contribution in [-0.2, 0) is 15.9 Å². The second-order valence-electron chi connectivity index (χ2n) is 8.50. The Morgan fingerprint density at radius 3 is 2.88 bits per heavy atom. The summed E-state index contributed by atoms with van der Waals surface area (Å²) in [7, 11) is 0. The van der Waals surface area contributed by atoms with Crippen LogP contribution >= 0.6 is 24.0 Å². The molecule has 178 valence electrons. The van der Waals surface area contributed by atoms with E-state index in [0.29, 0.717) is 12.6 Å². The molecule has 2 aromatic rings. The van der Waals surface area contributed by atoms with E-state index in [4.69, 9.17) is 14.5 Å². The van der Waals surface area contributed by atoms with E-state index >= 15 is 0 Å². The van der Waals surface area contributed by atoms with Crippen LogP contribution in [0.25, 0.3) is 10.9 Å². The van der Waals surface area contributed by atoms with Gasteiger partial charge in [0.15, 0.2) is 5.96 Å². The molecule has 0 aliphatic carbocycles. The third-order valence-electron chi connectivity index (χ3n) is 6.24. The van der Waals surface area contributed by atoms with E-state index in [-0.39, 0.29) is 35.9 Å². The Morgan fingerprint density at radius 1 is 1.28 bits per heavy atom. The summed E-state index contributed by atoms with van der Waals surface area (Å²) in [5, 5.41) is 4.50. The van der Waals surface area contributed by atoms with Gasteiger partial charge in [-0.2, -0.15) is 0 Å². The molecule has 2 saturated heterocycles. The van der Waals surface area contributed by atoms with Gasteiger partial charge in [-0.1, -0.05) is 0 Å². The number of hydrogen-bond acceptors (Lipinski definition) is 3. The number of H-pyrrole nitrogens is 1. The second-order valence-corrected chi connectivity index (χ2v) is 8.50. The number of aliphatic imine (C=N–C) groups is 1. The maximum atomic E-state index is 13.4. The van der Waals surface area contributed by atoms with Crippen molar-refractivity contribution in [3.63, 3.8) is 0 Å². The van der Waals surface area contributed by atoms with Crippen molar-refractivity contribution >= 4 is 40.8 Å². The zero-order valence-electron chi connectivity index (χ0n) is 18.9. The summed E-state index contributed by atoms with van der Waals surface area (Å²) in [5.74, 6) is 0.759. The Morgan fingerprint density at radius 2 is 2.12 bits per heavy atom. The molecule has 32 heavy (non-hydrogen) atoms. The van der Waals surface area contributed by atoms with Gasteiger partial charge in [0.05, 0.1) is 18.8 Å². The molecule has 2 aliphatic heterocycles. The van der Waals surface area contributed by atoms with Gasteiger partial charge in [-0.15, -0.1) is 24.0 Å². The van der Waals surface area contributed by atoms with Crippen molar-refractivity contribution in [3.05, 3.63) is 35.8 Å². The number of halogens is 2. The van der Waals surface area contributed by atoms with Gasteiger partial charge in [0.25, 0.3) is 0 Å². The quantitative estimate of drug-likeness (QED) is 0.299. The molecule has 6 nitrogen and oxygen atoms in total. The van der Waals surface area contributed by atoms with Gasteiger partial charge >= 0.3 is 0 Å². The number of rotatable bonds is 7. The molecule has 0 saturated carbocycles. The molecule has 1 aromatic heterocycles. The zero-order valence-corrected chi connectivity index (χ0v) is 21.3. The van der Waals surface area contributed by atoms with Crippen LogP contribution in [0.4, 0.5) is 4.39 Å². The number of aromatic amines is 1. The lowest BCUT2D eigenvalue weighted by atomic mass is 10.1. The molecule has 4 rings (SSSR count). The summed E-state index contributed by atoms with van der Waals surface area (Å²) in [6, 6.07) is 4.90. The summed E-state index contributed by atoms with van der Waals surface area (Å²) < 4.78 is 25.3. The fraction of sp³-hybridized carbons (Fsp3) is 0.625. The van der Waals surface area contributed by atoms with E-state index < -0.39 is 0 Å². The first kappa shape index (κ1) is 25.2. The molecule has 0 radical (unpaired) electrons. The highest BCUT2D eigenvalue weighted by Crippen LogP contribution is 2.20. The van der Waals surface area contributed by atoms with Gasteiger partial charge in [0.2, 0.25) is 0 Å². The van der Waals surface area contributed by atoms with Crippen LogP contribution in [0.5, 0.6) is 0 Å². The lowest BCUT2D eigenvalue weighted by Crippen LogP contribution is -2.47. The molecule has 2 N–H and O–H groups in total. The molecule has 0 bridgehead atoms. The number of ether oxygens (including phenoxy) is 2. The number of benzene rings is 1. The Kier molecular flexibility index (Phi) is 10.1. The molecule has 3 heterocycles. The fourth-order valence-corrected chi connectivity index (χ4v) is 4.49. The van der Waals surface area contributed by atoms with Gasteiger partial charge in [-0.05, 0) is 69.2 Å². The van der Waals surface area contributed by atoms with Crippen molar-refractivity contribution in [2.75, 3.05) is 39.4 Å². The van der Waals surface area contributed by atoms with Gasteiger partial charge in [-0.3, -0.25) is 4.99 Å². The van der Waals surface area contributed by atoms with Crippen molar-refractivity contribution < 1.29 is 13.9 Å². The Balaban J connectivity index is 0.00000289. The van der Waals surface area contributed by atoms with Crippen molar-refractivity contribution in [3.8, 4) is 0 Å². The summed E-state index contributed by atoms with van der Waals surface area (Å²) in [6.45, 7) is 7.16. The number of hydrogen-bond donors (Lipinski definition) is 2. The number of nitrogens with one attached hydrogen (secondary N) is 2. The molecule has 1 aromatic carbocycles. The average molecular weight is 558 g/mol. The molecule has 8 heteroatoms. The first-order valence-electron chi connectivity index (χ1n) is 11.7. The third kappa shape index (κ3) is 6.81. The van der Waals surface area contributed by atoms with Crippen LogP contribution in [-0.4, -0.2) is 67.4 Å². The summed E-state index contributed by atoms with van der Waals surface area (Å²) >= 11 is 0. The minimum atomic E-state index is -0.216. The number of fused-ring (bicyclic) bond motifs is 1. The van der Waals surface area contributed by atoms with E-state index in [0.717, 1.165) is 75.4 Å². The molecule has 2 fully saturated rings. The van der Waals surface area contributed by atoms with Crippen LogP contribution in [0.3, 0.4) is 0 Å². The minimum Gasteiger partial charge on any atom is -0.376 e. The minimum absolute atomic E-state index is 0. The SMILES string of the molecule is CCNC(=NCCc1c[nH]c2cc(F)ccc12)N1CCC(OCC2CCCCO2)CC1.I. The molecule has 1 atom stereocenters. The fourth-order valence-electron chi connectivity index (χ4n) is 4.49. The smallest absolute Gasteiger partial charge is 0.193 e. The number of piperidine rings is 1. The predicted octanol–water partition coefficient (Wildman–Crippen LogP) is 4.48. The third-order valence-corrected chi connectivity index (χ3v) is 6.24. The van der Waals surface area contributed by atoms with Crippen LogP contribution in [0, 0.1) is 5.82 Å². The van der Waals surface area contributed by atoms with E-state index in [1.165, 1.54) is 24.5 Å². The largest absolute Gasteiger partial charge is 0.376 e. The topological polar surface area (TPSA) is 61.9 Å². The first-order chi connectivity index (χ1) is 15.2. The van der Waals surface area contributed by atoms with Crippen molar-refractivity contribution in [1.29, 1.82) is 0 Å². The number of aromatic nitrogens is 1. The van der Waals surface area contributed by atoms with Crippen molar-refractivity contribution in [2.24, 2.45) is 4.99 Å².